The maximum atomic E-state index is 11.7. The number of nitrogens with zero attached hydrogens (tertiary/aromatic N) is 2. The van der Waals surface area contributed by atoms with E-state index in [9.17, 15) is 23.3 Å². The standard InChI is InChI=1S/C12H9N3O6S/c13-22(20,21)10-5-8(12(16)17)4-9(15(18)19)11(10)7-2-1-3-14-6-7/h1-6H,(H,16,17)(H2,13,20,21). The van der Waals surface area contributed by atoms with Gasteiger partial charge in [0, 0.05) is 24.0 Å². The molecule has 10 heteroatoms. The number of benzene rings is 1. The van der Waals surface area contributed by atoms with Gasteiger partial charge < -0.3 is 5.11 Å². The summed E-state index contributed by atoms with van der Waals surface area (Å²) in [5.74, 6) is -1.51. The summed E-state index contributed by atoms with van der Waals surface area (Å²) in [5.41, 5.74) is -1.40. The summed E-state index contributed by atoms with van der Waals surface area (Å²) < 4.78 is 23.4. The van der Waals surface area contributed by atoms with Crippen molar-refractivity contribution in [1.82, 2.24) is 4.98 Å². The second-order valence-electron chi connectivity index (χ2n) is 4.22. The molecular weight excluding hydrogens is 314 g/mol. The summed E-state index contributed by atoms with van der Waals surface area (Å²) in [7, 11) is -4.39. The van der Waals surface area contributed by atoms with Gasteiger partial charge in [-0.05, 0) is 12.1 Å². The monoisotopic (exact) mass is 323 g/mol. The predicted octanol–water partition coefficient (Wildman–Crippen LogP) is 1.00. The van der Waals surface area contributed by atoms with Crippen molar-refractivity contribution < 1.29 is 23.2 Å². The summed E-state index contributed by atoms with van der Waals surface area (Å²) in [6.45, 7) is 0. The molecule has 0 radical (unpaired) electrons. The molecule has 1 aromatic heterocycles. The highest BCUT2D eigenvalue weighted by molar-refractivity contribution is 7.89. The molecule has 2 aromatic rings. The number of aromatic carboxylic acids is 1. The zero-order valence-electron chi connectivity index (χ0n) is 10.8. The van der Waals surface area contributed by atoms with Crippen LogP contribution in [0.25, 0.3) is 11.1 Å². The van der Waals surface area contributed by atoms with Crippen molar-refractivity contribution in [2.24, 2.45) is 5.14 Å². The average molecular weight is 323 g/mol. The molecule has 1 aromatic carbocycles. The van der Waals surface area contributed by atoms with Gasteiger partial charge in [0.15, 0.2) is 0 Å². The molecule has 0 aliphatic rings. The van der Waals surface area contributed by atoms with Gasteiger partial charge in [-0.15, -0.1) is 0 Å². The largest absolute Gasteiger partial charge is 0.478 e. The molecule has 22 heavy (non-hydrogen) atoms. The van der Waals surface area contributed by atoms with Crippen LogP contribution in [0.5, 0.6) is 0 Å². The minimum Gasteiger partial charge on any atom is -0.478 e. The third-order valence-electron chi connectivity index (χ3n) is 2.78. The number of nitro groups is 1. The van der Waals surface area contributed by atoms with Crippen LogP contribution >= 0.6 is 0 Å². The summed E-state index contributed by atoms with van der Waals surface area (Å²) in [5, 5.41) is 25.2. The van der Waals surface area contributed by atoms with E-state index in [1.54, 1.807) is 0 Å². The molecule has 0 saturated carbocycles. The number of nitrogens with two attached hydrogens (primary N) is 1. The van der Waals surface area contributed by atoms with Crippen LogP contribution in [0.4, 0.5) is 5.69 Å². The SMILES string of the molecule is NS(=O)(=O)c1cc(C(=O)O)cc([N+](=O)[O-])c1-c1cccnc1. The van der Waals surface area contributed by atoms with Crippen LogP contribution in [-0.4, -0.2) is 29.4 Å². The third kappa shape index (κ3) is 2.92. The van der Waals surface area contributed by atoms with E-state index in [-0.39, 0.29) is 11.1 Å². The first kappa shape index (κ1) is 15.5. The van der Waals surface area contributed by atoms with Crippen molar-refractivity contribution >= 4 is 21.7 Å². The summed E-state index contributed by atoms with van der Waals surface area (Å²) in [6, 6.07) is 4.42. The molecule has 0 spiro atoms. The lowest BCUT2D eigenvalue weighted by Gasteiger charge is -2.10. The number of pyridine rings is 1. The highest BCUT2D eigenvalue weighted by Crippen LogP contribution is 2.36. The van der Waals surface area contributed by atoms with Crippen molar-refractivity contribution in [1.29, 1.82) is 0 Å². The molecular formula is C12H9N3O6S. The number of sulfonamides is 1. The van der Waals surface area contributed by atoms with Gasteiger partial charge in [-0.1, -0.05) is 6.07 Å². The lowest BCUT2D eigenvalue weighted by molar-refractivity contribution is -0.384. The second kappa shape index (κ2) is 5.50. The molecule has 0 aliphatic carbocycles. The molecule has 2 rings (SSSR count). The number of hydrogen-bond acceptors (Lipinski definition) is 6. The molecule has 3 N–H and O–H groups in total. The van der Waals surface area contributed by atoms with Gasteiger partial charge in [0.2, 0.25) is 10.0 Å². The van der Waals surface area contributed by atoms with Gasteiger partial charge >= 0.3 is 5.97 Å². The molecule has 0 amide bonds. The number of carboxylic acid groups (broad SMARTS) is 1. The summed E-state index contributed by atoms with van der Waals surface area (Å²) >= 11 is 0. The van der Waals surface area contributed by atoms with Crippen molar-refractivity contribution in [3.05, 3.63) is 52.3 Å². The Balaban J connectivity index is 2.96. The number of carbonyl (C=O) groups is 1. The van der Waals surface area contributed by atoms with E-state index in [1.807, 2.05) is 0 Å². The van der Waals surface area contributed by atoms with E-state index in [4.69, 9.17) is 10.2 Å². The third-order valence-corrected chi connectivity index (χ3v) is 3.72. The van der Waals surface area contributed by atoms with Gasteiger partial charge in [-0.2, -0.15) is 0 Å². The highest BCUT2D eigenvalue weighted by Gasteiger charge is 2.28. The minimum atomic E-state index is -4.39. The Morgan fingerprint density at radius 1 is 1.36 bits per heavy atom. The fraction of sp³-hybridized carbons (Fsp3) is 0. The number of rotatable bonds is 4. The lowest BCUT2D eigenvalue weighted by Crippen LogP contribution is -2.15. The van der Waals surface area contributed by atoms with Crippen molar-refractivity contribution in [2.45, 2.75) is 4.90 Å². The number of nitro benzene ring substituents is 1. The van der Waals surface area contributed by atoms with E-state index >= 15 is 0 Å². The second-order valence-corrected chi connectivity index (χ2v) is 5.75. The highest BCUT2D eigenvalue weighted by atomic mass is 32.2. The minimum absolute atomic E-state index is 0.134. The first-order valence-electron chi connectivity index (χ1n) is 5.70. The number of carboxylic acids is 1. The average Bonchev–Trinajstić information content (AvgIpc) is 2.45. The Hall–Kier alpha value is -2.85. The fourth-order valence-corrected chi connectivity index (χ4v) is 2.69. The van der Waals surface area contributed by atoms with Crippen LogP contribution in [0.15, 0.2) is 41.6 Å². The van der Waals surface area contributed by atoms with E-state index in [2.05, 4.69) is 4.98 Å². The topological polar surface area (TPSA) is 153 Å². The Morgan fingerprint density at radius 3 is 2.50 bits per heavy atom. The quantitative estimate of drug-likeness (QED) is 0.628. The maximum absolute atomic E-state index is 11.7. The lowest BCUT2D eigenvalue weighted by atomic mass is 10.0. The van der Waals surface area contributed by atoms with Crippen LogP contribution in [0.3, 0.4) is 0 Å². The summed E-state index contributed by atoms with van der Waals surface area (Å²) in [4.78, 5) is 24.5. The fourth-order valence-electron chi connectivity index (χ4n) is 1.89. The molecule has 114 valence electrons. The summed E-state index contributed by atoms with van der Waals surface area (Å²) in [6.07, 6.45) is 2.62. The molecule has 0 bridgehead atoms. The van der Waals surface area contributed by atoms with Crippen LogP contribution in [0.2, 0.25) is 0 Å². The van der Waals surface area contributed by atoms with E-state index < -0.39 is 37.1 Å². The van der Waals surface area contributed by atoms with Crippen LogP contribution in [0.1, 0.15) is 10.4 Å². The van der Waals surface area contributed by atoms with E-state index in [1.165, 1.54) is 24.5 Å². The van der Waals surface area contributed by atoms with Crippen molar-refractivity contribution in [3.8, 4) is 11.1 Å². The van der Waals surface area contributed by atoms with Crippen LogP contribution in [-0.2, 0) is 10.0 Å². The normalized spacial score (nSPS) is 11.1. The number of aromatic nitrogens is 1. The molecule has 1 heterocycles. The van der Waals surface area contributed by atoms with Crippen molar-refractivity contribution in [2.75, 3.05) is 0 Å². The van der Waals surface area contributed by atoms with Crippen molar-refractivity contribution in [3.63, 3.8) is 0 Å². The van der Waals surface area contributed by atoms with E-state index in [0.717, 1.165) is 12.1 Å². The smallest absolute Gasteiger partial charge is 0.335 e. The van der Waals surface area contributed by atoms with E-state index in [0.29, 0.717) is 0 Å². The Labute approximate surface area is 124 Å². The van der Waals surface area contributed by atoms with Gasteiger partial charge in [0.25, 0.3) is 5.69 Å². The number of hydrogen-bond donors (Lipinski definition) is 2. The molecule has 9 nitrogen and oxygen atoms in total. The van der Waals surface area contributed by atoms with Crippen LogP contribution < -0.4 is 5.14 Å². The zero-order chi connectivity index (χ0) is 16.5. The number of primary sulfonamides is 1. The van der Waals surface area contributed by atoms with Gasteiger partial charge in [-0.3, -0.25) is 15.1 Å². The van der Waals surface area contributed by atoms with Crippen LogP contribution in [0, 0.1) is 10.1 Å². The molecule has 0 atom stereocenters. The maximum Gasteiger partial charge on any atom is 0.335 e. The Morgan fingerprint density at radius 2 is 2.05 bits per heavy atom. The van der Waals surface area contributed by atoms with Gasteiger partial charge in [0.05, 0.1) is 20.9 Å². The van der Waals surface area contributed by atoms with Gasteiger partial charge in [0.1, 0.15) is 0 Å². The molecule has 0 saturated heterocycles. The predicted molar refractivity (Wildman–Crippen MR) is 74.7 cm³/mol. The molecule has 0 unspecified atom stereocenters. The first-order chi connectivity index (χ1) is 10.2. The van der Waals surface area contributed by atoms with Gasteiger partial charge in [-0.25, -0.2) is 18.4 Å². The zero-order valence-corrected chi connectivity index (χ0v) is 11.6. The molecule has 0 fully saturated rings. The first-order valence-corrected chi connectivity index (χ1v) is 7.25. The Bertz CT molecular complexity index is 864. The Kier molecular flexibility index (Phi) is 3.89. The molecule has 0 aliphatic heterocycles.